The maximum absolute atomic E-state index is 11.6. The van der Waals surface area contributed by atoms with Crippen molar-refractivity contribution in [3.8, 4) is 11.5 Å². The molecular weight excluding hydrogens is 260 g/mol. The van der Waals surface area contributed by atoms with Gasteiger partial charge in [-0.3, -0.25) is 4.79 Å². The third-order valence-electron chi connectivity index (χ3n) is 1.94. The number of aromatic hydroxyl groups is 2. The van der Waals surface area contributed by atoms with Gasteiger partial charge in [-0.25, -0.2) is 13.1 Å². The van der Waals surface area contributed by atoms with Gasteiger partial charge in [0, 0.05) is 24.7 Å². The summed E-state index contributed by atoms with van der Waals surface area (Å²) in [6.45, 7) is 0.164. The van der Waals surface area contributed by atoms with Crippen molar-refractivity contribution in [1.29, 1.82) is 0 Å². The summed E-state index contributed by atoms with van der Waals surface area (Å²) in [6, 6.07) is 3.49. The van der Waals surface area contributed by atoms with Crippen molar-refractivity contribution >= 4 is 15.9 Å². The van der Waals surface area contributed by atoms with Gasteiger partial charge in [-0.1, -0.05) is 0 Å². The van der Waals surface area contributed by atoms with Gasteiger partial charge in [-0.2, -0.15) is 0 Å². The molecule has 0 aliphatic rings. The number of hydrogen-bond donors (Lipinski definition) is 4. The van der Waals surface area contributed by atoms with Gasteiger partial charge in [0.15, 0.2) is 0 Å². The molecule has 0 fully saturated rings. The van der Waals surface area contributed by atoms with Crippen molar-refractivity contribution in [2.75, 3.05) is 19.3 Å². The summed E-state index contributed by atoms with van der Waals surface area (Å²) in [7, 11) is -3.28. The molecule has 0 aliphatic carbocycles. The molecule has 8 heteroatoms. The molecule has 4 N–H and O–H groups in total. The zero-order valence-corrected chi connectivity index (χ0v) is 10.5. The lowest BCUT2D eigenvalue weighted by Gasteiger charge is -2.06. The predicted molar refractivity (Wildman–Crippen MR) is 65.0 cm³/mol. The number of carbonyl (C=O) groups excluding carboxylic acids is 1. The lowest BCUT2D eigenvalue weighted by Crippen LogP contribution is -2.34. The number of rotatable bonds is 5. The highest BCUT2D eigenvalue weighted by Gasteiger charge is 2.08. The lowest BCUT2D eigenvalue weighted by atomic mass is 10.2. The molecular formula is C10H14N2O5S. The van der Waals surface area contributed by atoms with Crippen LogP contribution in [-0.2, 0) is 10.0 Å². The summed E-state index contributed by atoms with van der Waals surface area (Å²) in [6.07, 6.45) is 1.02. The first-order chi connectivity index (χ1) is 8.28. The highest BCUT2D eigenvalue weighted by atomic mass is 32.2. The van der Waals surface area contributed by atoms with Gasteiger partial charge in [-0.15, -0.1) is 0 Å². The summed E-state index contributed by atoms with van der Waals surface area (Å²) in [5, 5.41) is 20.8. The van der Waals surface area contributed by atoms with Crippen LogP contribution in [0.3, 0.4) is 0 Å². The van der Waals surface area contributed by atoms with E-state index in [-0.39, 0.29) is 30.2 Å². The number of hydrogen-bond acceptors (Lipinski definition) is 5. The maximum Gasteiger partial charge on any atom is 0.251 e. The number of phenols is 2. The second-order valence-corrected chi connectivity index (χ2v) is 5.49. The van der Waals surface area contributed by atoms with Gasteiger partial charge in [0.1, 0.15) is 11.5 Å². The quantitative estimate of drug-likeness (QED) is 0.534. The Bertz CT molecular complexity index is 521. The minimum Gasteiger partial charge on any atom is -0.508 e. The molecule has 0 radical (unpaired) electrons. The van der Waals surface area contributed by atoms with Crippen LogP contribution in [0.2, 0.25) is 0 Å². The van der Waals surface area contributed by atoms with Crippen LogP contribution >= 0.6 is 0 Å². The SMILES string of the molecule is CS(=O)(=O)NCCNC(=O)c1cc(O)cc(O)c1. The zero-order chi connectivity index (χ0) is 13.8. The van der Waals surface area contributed by atoms with Crippen molar-refractivity contribution < 1.29 is 23.4 Å². The van der Waals surface area contributed by atoms with Gasteiger partial charge < -0.3 is 15.5 Å². The molecule has 0 spiro atoms. The predicted octanol–water partition coefficient (Wildman–Crippen LogP) is -0.623. The number of sulfonamides is 1. The van der Waals surface area contributed by atoms with Crippen molar-refractivity contribution in [1.82, 2.24) is 10.0 Å². The largest absolute Gasteiger partial charge is 0.508 e. The smallest absolute Gasteiger partial charge is 0.251 e. The minimum atomic E-state index is -3.28. The molecule has 1 rings (SSSR count). The van der Waals surface area contributed by atoms with Crippen LogP contribution in [-0.4, -0.2) is 43.9 Å². The van der Waals surface area contributed by atoms with E-state index in [1.54, 1.807) is 0 Å². The third kappa shape index (κ3) is 5.02. The fourth-order valence-electron chi connectivity index (χ4n) is 1.24. The summed E-state index contributed by atoms with van der Waals surface area (Å²) >= 11 is 0. The standard InChI is InChI=1S/C10H14N2O5S/c1-18(16,17)12-3-2-11-10(15)7-4-8(13)6-9(14)5-7/h4-6,12-14H,2-3H2,1H3,(H,11,15). The molecule has 100 valence electrons. The van der Waals surface area contributed by atoms with Crippen LogP contribution in [0.4, 0.5) is 0 Å². The molecule has 7 nitrogen and oxygen atoms in total. The van der Waals surface area contributed by atoms with E-state index in [1.807, 2.05) is 0 Å². The molecule has 0 aromatic heterocycles. The molecule has 0 aliphatic heterocycles. The number of carbonyl (C=O) groups is 1. The van der Waals surface area contributed by atoms with E-state index < -0.39 is 15.9 Å². The number of nitrogens with one attached hydrogen (secondary N) is 2. The molecule has 18 heavy (non-hydrogen) atoms. The molecule has 1 amide bonds. The monoisotopic (exact) mass is 274 g/mol. The number of benzene rings is 1. The molecule has 1 aromatic rings. The fourth-order valence-corrected chi connectivity index (χ4v) is 1.71. The lowest BCUT2D eigenvalue weighted by molar-refractivity contribution is 0.0953. The van der Waals surface area contributed by atoms with Crippen LogP contribution < -0.4 is 10.0 Å². The van der Waals surface area contributed by atoms with Crippen molar-refractivity contribution in [2.45, 2.75) is 0 Å². The van der Waals surface area contributed by atoms with E-state index >= 15 is 0 Å². The second kappa shape index (κ2) is 5.69. The molecule has 0 bridgehead atoms. The van der Waals surface area contributed by atoms with Gasteiger partial charge >= 0.3 is 0 Å². The van der Waals surface area contributed by atoms with Crippen LogP contribution in [0.5, 0.6) is 11.5 Å². The fraction of sp³-hybridized carbons (Fsp3) is 0.300. The average Bonchev–Trinajstić information content (AvgIpc) is 2.21. The number of phenolic OH excluding ortho intramolecular Hbond substituents is 2. The molecule has 0 unspecified atom stereocenters. The molecule has 1 aromatic carbocycles. The van der Waals surface area contributed by atoms with E-state index in [0.717, 1.165) is 12.3 Å². The van der Waals surface area contributed by atoms with Gasteiger partial charge in [0.05, 0.1) is 6.26 Å². The van der Waals surface area contributed by atoms with E-state index in [9.17, 15) is 23.4 Å². The molecule has 0 saturated heterocycles. The highest BCUT2D eigenvalue weighted by molar-refractivity contribution is 7.88. The molecule has 0 saturated carbocycles. The molecule has 0 heterocycles. The topological polar surface area (TPSA) is 116 Å². The number of amides is 1. The first kappa shape index (κ1) is 14.3. The second-order valence-electron chi connectivity index (χ2n) is 3.66. The van der Waals surface area contributed by atoms with Crippen LogP contribution in [0.25, 0.3) is 0 Å². The van der Waals surface area contributed by atoms with Crippen molar-refractivity contribution in [2.24, 2.45) is 0 Å². The Hall–Kier alpha value is -1.80. The minimum absolute atomic E-state index is 0.0649. The Labute approximate surface area is 105 Å². The van der Waals surface area contributed by atoms with Crippen LogP contribution in [0.1, 0.15) is 10.4 Å². The van der Waals surface area contributed by atoms with Gasteiger partial charge in [-0.05, 0) is 12.1 Å². The first-order valence-corrected chi connectivity index (χ1v) is 6.93. The van der Waals surface area contributed by atoms with Gasteiger partial charge in [0.2, 0.25) is 10.0 Å². The van der Waals surface area contributed by atoms with Crippen molar-refractivity contribution in [3.05, 3.63) is 23.8 Å². The Morgan fingerprint density at radius 2 is 1.72 bits per heavy atom. The summed E-state index contributed by atoms with van der Waals surface area (Å²) in [5.41, 5.74) is 0.0897. The average molecular weight is 274 g/mol. The van der Waals surface area contributed by atoms with Crippen molar-refractivity contribution in [3.63, 3.8) is 0 Å². The van der Waals surface area contributed by atoms with E-state index in [2.05, 4.69) is 10.0 Å². The van der Waals surface area contributed by atoms with E-state index in [4.69, 9.17) is 0 Å². The van der Waals surface area contributed by atoms with Crippen LogP contribution in [0, 0.1) is 0 Å². The first-order valence-electron chi connectivity index (χ1n) is 5.04. The summed E-state index contributed by atoms with van der Waals surface area (Å²) < 4.78 is 23.7. The Balaban J connectivity index is 2.51. The van der Waals surface area contributed by atoms with Gasteiger partial charge in [0.25, 0.3) is 5.91 Å². The maximum atomic E-state index is 11.6. The third-order valence-corrected chi connectivity index (χ3v) is 2.67. The normalized spacial score (nSPS) is 11.2. The zero-order valence-electron chi connectivity index (χ0n) is 9.67. The summed E-state index contributed by atoms with van der Waals surface area (Å²) in [5.74, 6) is -0.972. The Morgan fingerprint density at radius 1 is 1.17 bits per heavy atom. The van der Waals surface area contributed by atoms with E-state index in [0.29, 0.717) is 0 Å². The van der Waals surface area contributed by atoms with Crippen LogP contribution in [0.15, 0.2) is 18.2 Å². The Kier molecular flexibility index (Phi) is 4.51. The van der Waals surface area contributed by atoms with E-state index in [1.165, 1.54) is 12.1 Å². The Morgan fingerprint density at radius 3 is 2.22 bits per heavy atom. The summed E-state index contributed by atoms with van der Waals surface area (Å²) in [4.78, 5) is 11.6. The highest BCUT2D eigenvalue weighted by Crippen LogP contribution is 2.19. The molecule has 0 atom stereocenters.